The summed E-state index contributed by atoms with van der Waals surface area (Å²) in [6.45, 7) is 2.27. The molecule has 4 aromatic rings. The molecule has 178 valence electrons. The van der Waals surface area contributed by atoms with Crippen molar-refractivity contribution in [2.45, 2.75) is 32.2 Å². The second kappa shape index (κ2) is 9.50. The number of rotatable bonds is 6. The van der Waals surface area contributed by atoms with E-state index in [2.05, 4.69) is 4.98 Å². The van der Waals surface area contributed by atoms with Crippen LogP contribution in [0.5, 0.6) is 5.75 Å². The van der Waals surface area contributed by atoms with Crippen molar-refractivity contribution < 1.29 is 14.3 Å². The van der Waals surface area contributed by atoms with Crippen LogP contribution in [-0.2, 0) is 11.2 Å². The third-order valence-electron chi connectivity index (χ3n) is 6.41. The van der Waals surface area contributed by atoms with Gasteiger partial charge in [-0.3, -0.25) is 4.79 Å². The van der Waals surface area contributed by atoms with E-state index in [-0.39, 0.29) is 23.5 Å². The largest absolute Gasteiger partial charge is 0.508 e. The number of likely N-dealkylation sites (tertiary alicyclic amines) is 1. The third-order valence-corrected chi connectivity index (χ3v) is 6.64. The van der Waals surface area contributed by atoms with Gasteiger partial charge < -0.3 is 10.0 Å². The van der Waals surface area contributed by atoms with Crippen molar-refractivity contribution in [2.24, 2.45) is 0 Å². The Labute approximate surface area is 207 Å². The van der Waals surface area contributed by atoms with Crippen molar-refractivity contribution in [1.29, 1.82) is 0 Å². The molecule has 3 heterocycles. The monoisotopic (exact) mass is 490 g/mol. The zero-order chi connectivity index (χ0) is 24.5. The van der Waals surface area contributed by atoms with Crippen LogP contribution in [-0.4, -0.2) is 37.2 Å². The Morgan fingerprint density at radius 2 is 1.94 bits per heavy atom. The van der Waals surface area contributed by atoms with E-state index < -0.39 is 0 Å². The van der Waals surface area contributed by atoms with E-state index in [1.54, 1.807) is 48.1 Å². The number of nitrogens with zero attached hydrogens (tertiary/aromatic N) is 4. The zero-order valence-corrected chi connectivity index (χ0v) is 19.9. The molecule has 0 unspecified atom stereocenters. The summed E-state index contributed by atoms with van der Waals surface area (Å²) >= 11 is 6.01. The Kier molecular flexibility index (Phi) is 6.26. The molecule has 1 amide bonds. The highest BCUT2D eigenvalue weighted by atomic mass is 35.5. The van der Waals surface area contributed by atoms with Crippen molar-refractivity contribution in [3.8, 4) is 22.7 Å². The number of carbonyl (C=O) groups excluding carboxylic acids is 1. The Bertz CT molecular complexity index is 1370. The summed E-state index contributed by atoms with van der Waals surface area (Å²) in [7, 11) is 0. The lowest BCUT2D eigenvalue weighted by molar-refractivity contribution is -0.129. The van der Waals surface area contributed by atoms with Gasteiger partial charge in [-0.15, -0.1) is 0 Å². The molecular formula is C27H24ClFN4O2. The second-order valence-corrected chi connectivity index (χ2v) is 9.13. The molecule has 0 spiro atoms. The van der Waals surface area contributed by atoms with Crippen molar-refractivity contribution >= 4 is 17.5 Å². The van der Waals surface area contributed by atoms with Gasteiger partial charge in [-0.25, -0.2) is 14.1 Å². The normalized spacial score (nSPS) is 15.7. The zero-order valence-electron chi connectivity index (χ0n) is 19.2. The van der Waals surface area contributed by atoms with Crippen LogP contribution >= 0.6 is 11.6 Å². The predicted octanol–water partition coefficient (Wildman–Crippen LogP) is 5.65. The molecule has 0 radical (unpaired) electrons. The van der Waals surface area contributed by atoms with Crippen LogP contribution in [0.3, 0.4) is 0 Å². The van der Waals surface area contributed by atoms with Gasteiger partial charge in [0, 0.05) is 36.5 Å². The van der Waals surface area contributed by atoms with E-state index in [1.807, 2.05) is 29.3 Å². The first-order valence-electron chi connectivity index (χ1n) is 11.4. The summed E-state index contributed by atoms with van der Waals surface area (Å²) in [4.78, 5) is 19.0. The number of hydrogen-bond acceptors (Lipinski definition) is 4. The fourth-order valence-electron chi connectivity index (χ4n) is 4.52. The van der Waals surface area contributed by atoms with E-state index >= 15 is 0 Å². The highest BCUT2D eigenvalue weighted by Crippen LogP contribution is 2.38. The Hall–Kier alpha value is -3.71. The highest BCUT2D eigenvalue weighted by molar-refractivity contribution is 6.29. The summed E-state index contributed by atoms with van der Waals surface area (Å²) in [5.41, 5.74) is 4.72. The van der Waals surface area contributed by atoms with Crippen LogP contribution in [0.25, 0.3) is 16.9 Å². The molecule has 6 nitrogen and oxygen atoms in total. The van der Waals surface area contributed by atoms with Crippen LogP contribution in [0.1, 0.15) is 35.6 Å². The standard InChI is InChI=1S/C27H24ClFN4O2/c1-17-14-20(5-8-23(17)29)33-16-22(27(31-33)19-4-10-25(28)30-15-19)24-9-11-26(35)32(24)13-12-18-2-6-21(34)7-3-18/h2-8,10,14-16,24,34H,9,11-13H2,1H3/t24-/m1/s1. The van der Waals surface area contributed by atoms with E-state index in [4.69, 9.17) is 16.7 Å². The molecule has 0 bridgehead atoms. The maximum atomic E-state index is 13.9. The number of benzene rings is 2. The summed E-state index contributed by atoms with van der Waals surface area (Å²) in [5, 5.41) is 14.8. The van der Waals surface area contributed by atoms with Gasteiger partial charge in [0.15, 0.2) is 0 Å². The number of aromatic hydroxyl groups is 1. The summed E-state index contributed by atoms with van der Waals surface area (Å²) in [6, 6.07) is 15.3. The van der Waals surface area contributed by atoms with Crippen molar-refractivity contribution in [2.75, 3.05) is 6.54 Å². The number of halogens is 2. The number of hydrogen-bond donors (Lipinski definition) is 1. The quantitative estimate of drug-likeness (QED) is 0.355. The molecule has 2 aromatic heterocycles. The maximum Gasteiger partial charge on any atom is 0.223 e. The topological polar surface area (TPSA) is 71.2 Å². The van der Waals surface area contributed by atoms with Crippen molar-refractivity contribution in [3.05, 3.63) is 94.7 Å². The molecule has 0 aliphatic carbocycles. The molecule has 2 aromatic carbocycles. The Balaban J connectivity index is 1.52. The van der Waals surface area contributed by atoms with Crippen LogP contribution in [0.2, 0.25) is 5.15 Å². The van der Waals surface area contributed by atoms with Crippen LogP contribution in [0, 0.1) is 12.7 Å². The van der Waals surface area contributed by atoms with Gasteiger partial charge >= 0.3 is 0 Å². The Morgan fingerprint density at radius 1 is 1.14 bits per heavy atom. The molecule has 1 saturated heterocycles. The number of pyridine rings is 1. The molecule has 1 aliphatic rings. The predicted molar refractivity (Wildman–Crippen MR) is 132 cm³/mol. The van der Waals surface area contributed by atoms with Gasteiger partial charge in [0.1, 0.15) is 16.7 Å². The summed E-state index contributed by atoms with van der Waals surface area (Å²) in [5.74, 6) is 0.0397. The lowest BCUT2D eigenvalue weighted by Crippen LogP contribution is -2.30. The van der Waals surface area contributed by atoms with Gasteiger partial charge in [0.2, 0.25) is 5.91 Å². The maximum absolute atomic E-state index is 13.9. The van der Waals surface area contributed by atoms with Crippen LogP contribution < -0.4 is 0 Å². The number of phenolic OH excluding ortho intramolecular Hbond substituents is 1. The first-order chi connectivity index (χ1) is 16.9. The number of amides is 1. The van der Waals surface area contributed by atoms with Crippen molar-refractivity contribution in [1.82, 2.24) is 19.7 Å². The van der Waals surface area contributed by atoms with Crippen LogP contribution in [0.15, 0.2) is 67.0 Å². The molecule has 0 saturated carbocycles. The molecule has 5 rings (SSSR count). The van der Waals surface area contributed by atoms with Crippen LogP contribution in [0.4, 0.5) is 4.39 Å². The minimum absolute atomic E-state index is 0.0966. The fourth-order valence-corrected chi connectivity index (χ4v) is 4.64. The first-order valence-corrected chi connectivity index (χ1v) is 11.8. The van der Waals surface area contributed by atoms with E-state index in [1.165, 1.54) is 6.07 Å². The van der Waals surface area contributed by atoms with E-state index in [9.17, 15) is 14.3 Å². The lowest BCUT2D eigenvalue weighted by atomic mass is 10.0. The van der Waals surface area contributed by atoms with Gasteiger partial charge in [-0.1, -0.05) is 23.7 Å². The van der Waals surface area contributed by atoms with Gasteiger partial charge in [0.05, 0.1) is 17.4 Å². The van der Waals surface area contributed by atoms with Gasteiger partial charge in [-0.2, -0.15) is 5.10 Å². The molecule has 8 heteroatoms. The van der Waals surface area contributed by atoms with Crippen molar-refractivity contribution in [3.63, 3.8) is 0 Å². The smallest absolute Gasteiger partial charge is 0.223 e. The minimum atomic E-state index is -0.273. The highest BCUT2D eigenvalue weighted by Gasteiger charge is 2.35. The van der Waals surface area contributed by atoms with Gasteiger partial charge in [0.25, 0.3) is 0 Å². The fraction of sp³-hybridized carbons (Fsp3) is 0.222. The molecule has 1 aliphatic heterocycles. The minimum Gasteiger partial charge on any atom is -0.508 e. The lowest BCUT2D eigenvalue weighted by Gasteiger charge is -2.25. The number of carbonyl (C=O) groups is 1. The molecule has 1 fully saturated rings. The second-order valence-electron chi connectivity index (χ2n) is 8.74. The van der Waals surface area contributed by atoms with Gasteiger partial charge in [-0.05, 0) is 73.4 Å². The SMILES string of the molecule is Cc1cc(-n2cc([C@H]3CCC(=O)N3CCc3ccc(O)cc3)c(-c3ccc(Cl)nc3)n2)ccc1F. The molecular weight excluding hydrogens is 467 g/mol. The average molecular weight is 491 g/mol. The molecule has 1 atom stereocenters. The Morgan fingerprint density at radius 3 is 2.66 bits per heavy atom. The summed E-state index contributed by atoms with van der Waals surface area (Å²) in [6.07, 6.45) is 5.40. The molecule has 35 heavy (non-hydrogen) atoms. The number of aryl methyl sites for hydroxylation is 1. The first kappa shape index (κ1) is 23.1. The number of aromatic nitrogens is 3. The third kappa shape index (κ3) is 4.77. The average Bonchev–Trinajstić information content (AvgIpc) is 3.44. The van der Waals surface area contributed by atoms with E-state index in [0.717, 1.165) is 22.4 Å². The van der Waals surface area contributed by atoms with E-state index in [0.29, 0.717) is 42.2 Å². The molecule has 1 N–H and O–H groups in total. The number of phenols is 1. The summed E-state index contributed by atoms with van der Waals surface area (Å²) < 4.78 is 15.6.